The number of aromatic amines is 1. The number of carbonyl (C=O) groups is 1. The Morgan fingerprint density at radius 1 is 1.02 bits per heavy atom. The lowest BCUT2D eigenvalue weighted by molar-refractivity contribution is -0.121. The standard InChI is InChI=1S/C34H47FN3O8P/c1-3-4-5-6-7-8-9-10-11-12-13-14-15-16-17-18-19-20-21-22-29(39)36-24-26-43-47(42)44-27-28-31(46-47)34(2,35)32(45-28)38-25-23-30(40)37-33(38)41/h4-5,7-8,10-11,13-14,16-17,19-20,23,25,28,31-32H,3,6,9,12,15,18,21-22,24,26-27H2,1-2H3,(H,36,39)(H,37,40,41). The number of hydrogen-bond acceptors (Lipinski definition) is 8. The smallest absolute Gasteiger partial charge is 0.354 e. The molecule has 0 bridgehead atoms. The van der Waals surface area contributed by atoms with Gasteiger partial charge in [0, 0.05) is 25.2 Å². The molecule has 47 heavy (non-hydrogen) atoms. The zero-order valence-corrected chi connectivity index (χ0v) is 28.0. The highest BCUT2D eigenvalue weighted by Gasteiger charge is 2.61. The monoisotopic (exact) mass is 675 g/mol. The summed E-state index contributed by atoms with van der Waals surface area (Å²) in [7, 11) is -4.16. The number of phosphoric ester groups is 1. The van der Waals surface area contributed by atoms with Gasteiger partial charge in [-0.2, -0.15) is 0 Å². The molecule has 2 fully saturated rings. The molecule has 0 saturated carbocycles. The first-order valence-electron chi connectivity index (χ1n) is 16.1. The van der Waals surface area contributed by atoms with Crippen molar-refractivity contribution in [1.29, 1.82) is 0 Å². The molecule has 1 aromatic heterocycles. The molecule has 1 amide bonds. The van der Waals surface area contributed by atoms with Gasteiger partial charge in [-0.15, -0.1) is 0 Å². The van der Waals surface area contributed by atoms with Gasteiger partial charge in [0.2, 0.25) is 5.91 Å². The Bertz CT molecular complexity index is 1480. The summed E-state index contributed by atoms with van der Waals surface area (Å²) in [5.74, 6) is -0.202. The lowest BCUT2D eigenvalue weighted by atomic mass is 9.98. The second-order valence-corrected chi connectivity index (χ2v) is 12.7. The van der Waals surface area contributed by atoms with Crippen LogP contribution in [-0.4, -0.2) is 53.1 Å². The average molecular weight is 676 g/mol. The van der Waals surface area contributed by atoms with Crippen molar-refractivity contribution in [3.05, 3.63) is 106 Å². The summed E-state index contributed by atoms with van der Waals surface area (Å²) in [6.07, 6.45) is 29.3. The first-order valence-corrected chi connectivity index (χ1v) is 17.5. The van der Waals surface area contributed by atoms with Gasteiger partial charge >= 0.3 is 13.5 Å². The predicted octanol–water partition coefficient (Wildman–Crippen LogP) is 6.30. The van der Waals surface area contributed by atoms with Crippen LogP contribution in [0.1, 0.15) is 71.4 Å². The Morgan fingerprint density at radius 3 is 2.17 bits per heavy atom. The fourth-order valence-corrected chi connectivity index (χ4v) is 6.27. The number of nitrogens with one attached hydrogen (secondary N) is 2. The maximum atomic E-state index is 15.8. The first kappa shape index (κ1) is 38.0. The Labute approximate surface area is 275 Å². The fourth-order valence-electron chi connectivity index (χ4n) is 4.81. The Kier molecular flexibility index (Phi) is 16.2. The Morgan fingerprint density at radius 2 is 1.60 bits per heavy atom. The van der Waals surface area contributed by atoms with Crippen LogP contribution in [-0.2, 0) is 27.7 Å². The second-order valence-electron chi connectivity index (χ2n) is 11.1. The van der Waals surface area contributed by atoms with E-state index in [0.717, 1.165) is 62.3 Å². The summed E-state index contributed by atoms with van der Waals surface area (Å²) < 4.78 is 51.2. The second kappa shape index (κ2) is 20.1. The van der Waals surface area contributed by atoms with Crippen molar-refractivity contribution < 1.29 is 32.1 Å². The summed E-state index contributed by atoms with van der Waals surface area (Å²) in [5.41, 5.74) is -3.80. The Balaban J connectivity index is 1.24. The largest absolute Gasteiger partial charge is 0.475 e. The van der Waals surface area contributed by atoms with Crippen LogP contribution in [0.2, 0.25) is 0 Å². The zero-order valence-electron chi connectivity index (χ0n) is 27.1. The maximum Gasteiger partial charge on any atom is 0.475 e. The van der Waals surface area contributed by atoms with Gasteiger partial charge in [0.25, 0.3) is 5.56 Å². The third-order valence-corrected chi connectivity index (χ3v) is 8.68. The highest BCUT2D eigenvalue weighted by Crippen LogP contribution is 2.59. The molecule has 258 valence electrons. The molecular weight excluding hydrogens is 628 g/mol. The van der Waals surface area contributed by atoms with Crippen molar-refractivity contribution >= 4 is 13.7 Å². The minimum Gasteiger partial charge on any atom is -0.354 e. The van der Waals surface area contributed by atoms with Gasteiger partial charge in [0.05, 0.1) is 13.2 Å². The van der Waals surface area contributed by atoms with Crippen LogP contribution in [0.3, 0.4) is 0 Å². The van der Waals surface area contributed by atoms with Crippen LogP contribution < -0.4 is 16.6 Å². The number of aromatic nitrogens is 2. The molecule has 1 aromatic rings. The van der Waals surface area contributed by atoms with Gasteiger partial charge in [0.1, 0.15) is 12.2 Å². The number of hydrogen-bond donors (Lipinski definition) is 2. The Hall–Kier alpha value is -3.41. The number of fused-ring (bicyclic) bond motifs is 1. The van der Waals surface area contributed by atoms with Crippen LogP contribution in [0.25, 0.3) is 0 Å². The number of amides is 1. The van der Waals surface area contributed by atoms with Crippen molar-refractivity contribution in [3.8, 4) is 0 Å². The van der Waals surface area contributed by atoms with E-state index >= 15 is 4.39 Å². The maximum absolute atomic E-state index is 15.8. The van der Waals surface area contributed by atoms with Gasteiger partial charge in [-0.1, -0.05) is 79.8 Å². The number of carbonyl (C=O) groups excluding carboxylic acids is 1. The average Bonchev–Trinajstić information content (AvgIpc) is 3.29. The van der Waals surface area contributed by atoms with E-state index in [4.69, 9.17) is 18.3 Å². The number of nitrogens with zero attached hydrogens (tertiary/aromatic N) is 1. The van der Waals surface area contributed by atoms with E-state index in [-0.39, 0.29) is 32.1 Å². The van der Waals surface area contributed by atoms with E-state index in [2.05, 4.69) is 73.0 Å². The van der Waals surface area contributed by atoms with Crippen LogP contribution in [0, 0.1) is 0 Å². The quantitative estimate of drug-likeness (QED) is 0.0991. The highest BCUT2D eigenvalue weighted by atomic mass is 31.2. The molecule has 2 saturated heterocycles. The number of ether oxygens (including phenoxy) is 1. The summed E-state index contributed by atoms with van der Waals surface area (Å²) in [4.78, 5) is 37.7. The first-order chi connectivity index (χ1) is 22.7. The normalized spacial score (nSPS) is 26.6. The van der Waals surface area contributed by atoms with Crippen molar-refractivity contribution in [1.82, 2.24) is 14.9 Å². The molecular formula is C34H47FN3O8P. The van der Waals surface area contributed by atoms with Crippen molar-refractivity contribution in [2.75, 3.05) is 19.8 Å². The number of H-pyrrole nitrogens is 1. The third-order valence-electron chi connectivity index (χ3n) is 7.23. The summed E-state index contributed by atoms with van der Waals surface area (Å²) >= 11 is 0. The summed E-state index contributed by atoms with van der Waals surface area (Å²) in [6.45, 7) is 2.84. The number of rotatable bonds is 19. The summed E-state index contributed by atoms with van der Waals surface area (Å²) in [5, 5.41) is 2.67. The topological polar surface area (TPSA) is 138 Å². The van der Waals surface area contributed by atoms with E-state index in [1.807, 2.05) is 17.1 Å². The van der Waals surface area contributed by atoms with Crippen LogP contribution >= 0.6 is 7.82 Å². The molecule has 13 heteroatoms. The molecule has 5 unspecified atom stereocenters. The molecule has 0 aliphatic carbocycles. The minimum atomic E-state index is -4.16. The lowest BCUT2D eigenvalue weighted by Crippen LogP contribution is -2.46. The van der Waals surface area contributed by atoms with E-state index < -0.39 is 43.2 Å². The van der Waals surface area contributed by atoms with Crippen LogP contribution in [0.4, 0.5) is 4.39 Å². The van der Waals surface area contributed by atoms with E-state index in [9.17, 15) is 18.9 Å². The van der Waals surface area contributed by atoms with Crippen LogP contribution in [0.5, 0.6) is 0 Å². The van der Waals surface area contributed by atoms with Crippen molar-refractivity contribution in [3.63, 3.8) is 0 Å². The van der Waals surface area contributed by atoms with Gasteiger partial charge in [-0.05, 0) is 51.9 Å². The molecule has 5 atom stereocenters. The molecule has 3 heterocycles. The van der Waals surface area contributed by atoms with Gasteiger partial charge in [-0.25, -0.2) is 13.8 Å². The number of halogens is 1. The van der Waals surface area contributed by atoms with Gasteiger partial charge in [-0.3, -0.25) is 32.7 Å². The van der Waals surface area contributed by atoms with Crippen molar-refractivity contribution in [2.45, 2.75) is 89.3 Å². The summed E-state index contributed by atoms with van der Waals surface area (Å²) in [6, 6.07) is 1.06. The number of alkyl halides is 1. The lowest BCUT2D eigenvalue weighted by Gasteiger charge is -2.33. The molecule has 3 rings (SSSR count). The van der Waals surface area contributed by atoms with Crippen molar-refractivity contribution in [2.24, 2.45) is 0 Å². The van der Waals surface area contributed by atoms with E-state index in [0.29, 0.717) is 6.42 Å². The molecule has 0 spiro atoms. The minimum absolute atomic E-state index is 0.0478. The molecule has 2 N–H and O–H groups in total. The predicted molar refractivity (Wildman–Crippen MR) is 180 cm³/mol. The third kappa shape index (κ3) is 13.0. The highest BCUT2D eigenvalue weighted by molar-refractivity contribution is 7.48. The molecule has 2 aliphatic heterocycles. The van der Waals surface area contributed by atoms with Gasteiger partial charge < -0.3 is 10.1 Å². The van der Waals surface area contributed by atoms with E-state index in [1.165, 1.54) is 0 Å². The SMILES string of the molecule is CCC=CCC=CCC=CCC=CCC=CCC=CCCC(=O)NCCOP1(=O)OCC2OC(n3ccc(=O)[nH]c3=O)C(C)(F)C2O1. The molecule has 2 aliphatic rings. The van der Waals surface area contributed by atoms with E-state index in [1.54, 1.807) is 0 Å². The van der Waals surface area contributed by atoms with Gasteiger partial charge in [0.15, 0.2) is 11.9 Å². The molecule has 0 radical (unpaired) electrons. The zero-order chi connectivity index (χ0) is 34.0. The number of phosphoric acid groups is 1. The molecule has 11 nitrogen and oxygen atoms in total. The fraction of sp³-hybridized carbons (Fsp3) is 0.500. The number of allylic oxidation sites excluding steroid dienone is 12. The molecule has 0 aromatic carbocycles. The van der Waals surface area contributed by atoms with Crippen LogP contribution in [0.15, 0.2) is 94.8 Å².